The van der Waals surface area contributed by atoms with Crippen LogP contribution in [0.1, 0.15) is 23.4 Å². The zero-order valence-electron chi connectivity index (χ0n) is 11.6. The zero-order chi connectivity index (χ0) is 13.9. The van der Waals surface area contributed by atoms with Gasteiger partial charge in [-0.1, -0.05) is 29.8 Å². The maximum atomic E-state index is 12.1. The molecule has 1 aliphatic heterocycles. The number of aromatic nitrogens is 1. The molecule has 2 aromatic rings. The van der Waals surface area contributed by atoms with Crippen LogP contribution in [0.3, 0.4) is 0 Å². The van der Waals surface area contributed by atoms with Crippen molar-refractivity contribution in [3.63, 3.8) is 0 Å². The summed E-state index contributed by atoms with van der Waals surface area (Å²) in [6.45, 7) is 3.90. The molecule has 104 valence electrons. The highest BCUT2D eigenvalue weighted by molar-refractivity contribution is 7.10. The Morgan fingerprint density at radius 3 is 2.65 bits per heavy atom. The van der Waals surface area contributed by atoms with E-state index in [0.717, 1.165) is 42.2 Å². The molecule has 0 spiro atoms. The van der Waals surface area contributed by atoms with Crippen molar-refractivity contribution in [2.45, 2.75) is 26.2 Å². The molecule has 20 heavy (non-hydrogen) atoms. The standard InChI is InChI=1S/C16H18N2OS/c1-12-4-6-13(7-5-12)14-11-20-15(17-14)10-16(19)18-8-2-3-9-18/h4-7,11H,2-3,8-10H2,1H3. The lowest BCUT2D eigenvalue weighted by Gasteiger charge is -2.13. The van der Waals surface area contributed by atoms with Crippen LogP contribution in [-0.2, 0) is 11.2 Å². The summed E-state index contributed by atoms with van der Waals surface area (Å²) in [6.07, 6.45) is 2.72. The van der Waals surface area contributed by atoms with Gasteiger partial charge in [0.1, 0.15) is 5.01 Å². The van der Waals surface area contributed by atoms with Gasteiger partial charge in [0.15, 0.2) is 0 Å². The minimum atomic E-state index is 0.215. The summed E-state index contributed by atoms with van der Waals surface area (Å²) >= 11 is 1.58. The molecule has 1 amide bonds. The molecule has 3 nitrogen and oxygen atoms in total. The number of hydrogen-bond donors (Lipinski definition) is 0. The molecule has 1 aromatic heterocycles. The van der Waals surface area contributed by atoms with Crippen LogP contribution in [0, 0.1) is 6.92 Å². The van der Waals surface area contributed by atoms with Crippen LogP contribution in [0.4, 0.5) is 0 Å². The van der Waals surface area contributed by atoms with E-state index in [1.807, 2.05) is 10.3 Å². The number of aryl methyl sites for hydroxylation is 1. The lowest BCUT2D eigenvalue weighted by Crippen LogP contribution is -2.28. The van der Waals surface area contributed by atoms with Gasteiger partial charge in [0.05, 0.1) is 12.1 Å². The van der Waals surface area contributed by atoms with Crippen LogP contribution in [-0.4, -0.2) is 28.9 Å². The molecule has 1 fully saturated rings. The predicted octanol–water partition coefficient (Wildman–Crippen LogP) is 3.28. The molecule has 0 bridgehead atoms. The minimum Gasteiger partial charge on any atom is -0.342 e. The van der Waals surface area contributed by atoms with E-state index < -0.39 is 0 Å². The Bertz CT molecular complexity index is 597. The van der Waals surface area contributed by atoms with Crippen molar-refractivity contribution < 1.29 is 4.79 Å². The first-order valence-corrected chi connectivity index (χ1v) is 7.89. The second kappa shape index (κ2) is 5.75. The molecular formula is C16H18N2OS. The third-order valence-corrected chi connectivity index (χ3v) is 4.51. The van der Waals surface area contributed by atoms with Gasteiger partial charge in [-0.25, -0.2) is 4.98 Å². The first kappa shape index (κ1) is 13.3. The van der Waals surface area contributed by atoms with Crippen molar-refractivity contribution in [1.29, 1.82) is 0 Å². The molecule has 0 unspecified atom stereocenters. The van der Waals surface area contributed by atoms with Gasteiger partial charge in [-0.15, -0.1) is 11.3 Å². The quantitative estimate of drug-likeness (QED) is 0.867. The number of carbonyl (C=O) groups excluding carboxylic acids is 1. The number of thiazole rings is 1. The average molecular weight is 286 g/mol. The predicted molar refractivity (Wildman–Crippen MR) is 81.8 cm³/mol. The molecule has 1 aromatic carbocycles. The molecule has 4 heteroatoms. The van der Waals surface area contributed by atoms with Crippen LogP contribution in [0.25, 0.3) is 11.3 Å². The highest BCUT2D eigenvalue weighted by atomic mass is 32.1. The highest BCUT2D eigenvalue weighted by Crippen LogP contribution is 2.23. The number of rotatable bonds is 3. The minimum absolute atomic E-state index is 0.215. The van der Waals surface area contributed by atoms with Gasteiger partial charge >= 0.3 is 0 Å². The number of benzene rings is 1. The van der Waals surface area contributed by atoms with E-state index >= 15 is 0 Å². The van der Waals surface area contributed by atoms with Gasteiger partial charge < -0.3 is 4.90 Å². The number of carbonyl (C=O) groups is 1. The fourth-order valence-corrected chi connectivity index (χ4v) is 3.25. The Morgan fingerprint density at radius 1 is 1.25 bits per heavy atom. The van der Waals surface area contributed by atoms with Gasteiger partial charge in [0.25, 0.3) is 0 Å². The van der Waals surface area contributed by atoms with Crippen LogP contribution < -0.4 is 0 Å². The van der Waals surface area contributed by atoms with Crippen molar-refractivity contribution in [1.82, 2.24) is 9.88 Å². The van der Waals surface area contributed by atoms with Crippen molar-refractivity contribution in [3.05, 3.63) is 40.2 Å². The summed E-state index contributed by atoms with van der Waals surface area (Å²) in [4.78, 5) is 18.6. The molecule has 0 N–H and O–H groups in total. The summed E-state index contributed by atoms with van der Waals surface area (Å²) in [5, 5.41) is 2.95. The third-order valence-electron chi connectivity index (χ3n) is 3.66. The van der Waals surface area contributed by atoms with Crippen molar-refractivity contribution >= 4 is 17.2 Å². The van der Waals surface area contributed by atoms with Crippen LogP contribution in [0.15, 0.2) is 29.6 Å². The SMILES string of the molecule is Cc1ccc(-c2csc(CC(=O)N3CCCC3)n2)cc1. The molecule has 2 heterocycles. The first-order chi connectivity index (χ1) is 9.72. The molecule has 1 aliphatic rings. The Hall–Kier alpha value is -1.68. The van der Waals surface area contributed by atoms with E-state index in [1.165, 1.54) is 5.56 Å². The van der Waals surface area contributed by atoms with E-state index in [1.54, 1.807) is 11.3 Å². The lowest BCUT2D eigenvalue weighted by atomic mass is 10.1. The maximum absolute atomic E-state index is 12.1. The van der Waals surface area contributed by atoms with E-state index in [-0.39, 0.29) is 5.91 Å². The lowest BCUT2D eigenvalue weighted by molar-refractivity contribution is -0.129. The van der Waals surface area contributed by atoms with Crippen LogP contribution in [0.5, 0.6) is 0 Å². The summed E-state index contributed by atoms with van der Waals surface area (Å²) < 4.78 is 0. The Balaban J connectivity index is 1.70. The van der Waals surface area contributed by atoms with E-state index in [2.05, 4.69) is 36.2 Å². The fraction of sp³-hybridized carbons (Fsp3) is 0.375. The van der Waals surface area contributed by atoms with Gasteiger partial charge in [-0.2, -0.15) is 0 Å². The molecule has 0 atom stereocenters. The number of nitrogens with zero attached hydrogens (tertiary/aromatic N) is 2. The Labute approximate surface area is 123 Å². The van der Waals surface area contributed by atoms with Gasteiger partial charge in [0, 0.05) is 24.0 Å². The number of likely N-dealkylation sites (tertiary alicyclic amines) is 1. The van der Waals surface area contributed by atoms with Gasteiger partial charge in [0.2, 0.25) is 5.91 Å². The first-order valence-electron chi connectivity index (χ1n) is 7.01. The molecular weight excluding hydrogens is 268 g/mol. The molecule has 0 radical (unpaired) electrons. The van der Waals surface area contributed by atoms with Gasteiger partial charge in [-0.3, -0.25) is 4.79 Å². The topological polar surface area (TPSA) is 33.2 Å². The maximum Gasteiger partial charge on any atom is 0.229 e. The largest absolute Gasteiger partial charge is 0.342 e. The molecule has 3 rings (SSSR count). The summed E-state index contributed by atoms with van der Waals surface area (Å²) in [5.74, 6) is 0.215. The summed E-state index contributed by atoms with van der Waals surface area (Å²) in [6, 6.07) is 8.33. The Kier molecular flexibility index (Phi) is 3.83. The smallest absolute Gasteiger partial charge is 0.229 e. The number of amides is 1. The third kappa shape index (κ3) is 2.90. The average Bonchev–Trinajstić information content (AvgIpc) is 3.10. The van der Waals surface area contributed by atoms with Crippen molar-refractivity contribution in [2.75, 3.05) is 13.1 Å². The zero-order valence-corrected chi connectivity index (χ0v) is 12.4. The molecule has 0 aliphatic carbocycles. The molecule has 0 saturated carbocycles. The van der Waals surface area contributed by atoms with Crippen LogP contribution in [0.2, 0.25) is 0 Å². The van der Waals surface area contributed by atoms with E-state index in [0.29, 0.717) is 6.42 Å². The summed E-state index contributed by atoms with van der Waals surface area (Å²) in [5.41, 5.74) is 3.33. The fourth-order valence-electron chi connectivity index (χ4n) is 2.46. The van der Waals surface area contributed by atoms with Crippen molar-refractivity contribution in [2.24, 2.45) is 0 Å². The highest BCUT2D eigenvalue weighted by Gasteiger charge is 2.19. The summed E-state index contributed by atoms with van der Waals surface area (Å²) in [7, 11) is 0. The normalized spacial score (nSPS) is 14.8. The monoisotopic (exact) mass is 286 g/mol. The second-order valence-electron chi connectivity index (χ2n) is 5.26. The Morgan fingerprint density at radius 2 is 1.95 bits per heavy atom. The number of hydrogen-bond acceptors (Lipinski definition) is 3. The second-order valence-corrected chi connectivity index (χ2v) is 6.20. The van der Waals surface area contributed by atoms with E-state index in [4.69, 9.17) is 0 Å². The van der Waals surface area contributed by atoms with Crippen molar-refractivity contribution in [3.8, 4) is 11.3 Å². The molecule has 1 saturated heterocycles. The van der Waals surface area contributed by atoms with E-state index in [9.17, 15) is 4.79 Å². The van der Waals surface area contributed by atoms with Crippen LogP contribution >= 0.6 is 11.3 Å². The van der Waals surface area contributed by atoms with Gasteiger partial charge in [-0.05, 0) is 19.8 Å².